The number of piperidine rings is 2. The molecule has 0 radical (unpaired) electrons. The van der Waals surface area contributed by atoms with Crippen LogP contribution >= 0.6 is 0 Å². The monoisotopic (exact) mass is 613 g/mol. The lowest BCUT2D eigenvalue weighted by molar-refractivity contribution is -0.138. The number of benzene rings is 2. The summed E-state index contributed by atoms with van der Waals surface area (Å²) in [7, 11) is 0. The molecular weight excluding hydrogens is 573 g/mol. The molecule has 3 aliphatic heterocycles. The van der Waals surface area contributed by atoms with Gasteiger partial charge in [-0.05, 0) is 74.3 Å². The molecule has 3 saturated heterocycles. The van der Waals surface area contributed by atoms with Crippen molar-refractivity contribution < 1.29 is 23.2 Å². The number of hydrogen-bond donors (Lipinski definition) is 0. The van der Waals surface area contributed by atoms with Crippen molar-refractivity contribution in [1.82, 2.24) is 19.9 Å². The van der Waals surface area contributed by atoms with Gasteiger partial charge in [0, 0.05) is 75.4 Å². The van der Waals surface area contributed by atoms with Crippen molar-refractivity contribution in [2.24, 2.45) is 11.8 Å². The average Bonchev–Trinajstić information content (AvgIpc) is 3.62. The molecule has 0 atom stereocenters. The molecule has 0 unspecified atom stereocenters. The first-order valence-corrected chi connectivity index (χ1v) is 16.4. The zero-order valence-electron chi connectivity index (χ0n) is 25.6. The molecule has 236 valence electrons. The van der Waals surface area contributed by atoms with Crippen LogP contribution in [0.5, 0.6) is 0 Å². The number of aromatic nitrogens is 1. The molecule has 3 aromatic rings. The molecule has 0 bridgehead atoms. The summed E-state index contributed by atoms with van der Waals surface area (Å²) >= 11 is 0. The van der Waals surface area contributed by atoms with Crippen molar-refractivity contribution in [2.75, 3.05) is 39.3 Å². The van der Waals surface area contributed by atoms with E-state index in [1.54, 1.807) is 6.07 Å². The first kappa shape index (κ1) is 29.7. The van der Waals surface area contributed by atoms with Crippen LogP contribution in [0.3, 0.4) is 0 Å². The highest BCUT2D eigenvalue weighted by Gasteiger charge is 2.47. The number of nitriles is 1. The highest BCUT2D eigenvalue weighted by Crippen LogP contribution is 2.38. The van der Waals surface area contributed by atoms with Crippen LogP contribution in [-0.2, 0) is 16.1 Å². The van der Waals surface area contributed by atoms with Crippen LogP contribution in [0.25, 0.3) is 11.0 Å². The van der Waals surface area contributed by atoms with Gasteiger partial charge in [0.15, 0.2) is 5.58 Å². The quantitative estimate of drug-likeness (QED) is 0.344. The summed E-state index contributed by atoms with van der Waals surface area (Å²) in [4.78, 5) is 32.6. The summed E-state index contributed by atoms with van der Waals surface area (Å²) in [6.45, 7) is 5.34. The van der Waals surface area contributed by atoms with Crippen LogP contribution < -0.4 is 0 Å². The Kier molecular flexibility index (Phi) is 8.21. The van der Waals surface area contributed by atoms with E-state index >= 15 is 0 Å². The van der Waals surface area contributed by atoms with Gasteiger partial charge in [-0.3, -0.25) is 9.69 Å². The molecule has 9 nitrogen and oxygen atoms in total. The number of rotatable bonds is 6. The Morgan fingerprint density at radius 3 is 2.44 bits per heavy atom. The minimum Gasteiger partial charge on any atom is -0.441 e. The van der Waals surface area contributed by atoms with Crippen molar-refractivity contribution in [3.8, 4) is 6.07 Å². The van der Waals surface area contributed by atoms with Crippen molar-refractivity contribution in [3.63, 3.8) is 0 Å². The lowest BCUT2D eigenvalue weighted by Crippen LogP contribution is -2.47. The van der Waals surface area contributed by atoms with E-state index in [1.807, 2.05) is 34.1 Å². The van der Waals surface area contributed by atoms with Crippen LogP contribution in [-0.4, -0.2) is 76.7 Å². The highest BCUT2D eigenvalue weighted by molar-refractivity contribution is 5.81. The van der Waals surface area contributed by atoms with Gasteiger partial charge in [-0.2, -0.15) is 5.26 Å². The zero-order chi connectivity index (χ0) is 31.0. The van der Waals surface area contributed by atoms with Gasteiger partial charge >= 0.3 is 6.09 Å². The van der Waals surface area contributed by atoms with Gasteiger partial charge in [-0.1, -0.05) is 17.3 Å². The lowest BCUT2D eigenvalue weighted by Gasteiger charge is -2.38. The average molecular weight is 614 g/mol. The molecule has 4 aliphatic rings. The molecule has 2 aromatic carbocycles. The van der Waals surface area contributed by atoms with Gasteiger partial charge in [0.1, 0.15) is 11.4 Å². The summed E-state index contributed by atoms with van der Waals surface area (Å²) in [6.07, 6.45) is 6.74. The Bertz CT molecular complexity index is 1580. The van der Waals surface area contributed by atoms with Crippen LogP contribution in [0, 0.1) is 29.0 Å². The lowest BCUT2D eigenvalue weighted by atomic mass is 9.80. The topological polar surface area (TPSA) is 103 Å². The van der Waals surface area contributed by atoms with Crippen molar-refractivity contribution in [3.05, 3.63) is 65.1 Å². The first-order valence-electron chi connectivity index (χ1n) is 16.4. The minimum atomic E-state index is -0.397. The number of hydrogen-bond acceptors (Lipinski definition) is 7. The van der Waals surface area contributed by atoms with Crippen LogP contribution in [0.2, 0.25) is 0 Å². The fraction of sp³-hybridized carbons (Fsp3) is 0.543. The summed E-state index contributed by atoms with van der Waals surface area (Å²) < 4.78 is 24.9. The SMILES string of the molecule is N#Cc1ccc(CN2CCC3(CC2)CN(CC2CCC(C(=O)N4CCC(c5noc6cc(F)ccc56)CC4)CC2)C(=O)O3)cc1. The normalized spacial score (nSPS) is 24.2. The van der Waals surface area contributed by atoms with E-state index in [0.717, 1.165) is 82.1 Å². The number of ether oxygens (including phenoxy) is 1. The molecule has 1 spiro atoms. The van der Waals surface area contributed by atoms with Gasteiger partial charge < -0.3 is 19.1 Å². The second-order valence-corrected chi connectivity index (χ2v) is 13.5. The van der Waals surface area contributed by atoms with Crippen molar-refractivity contribution in [1.29, 1.82) is 5.26 Å². The number of carbonyl (C=O) groups is 2. The molecule has 10 heteroatoms. The minimum absolute atomic E-state index is 0.0472. The van der Waals surface area contributed by atoms with E-state index in [1.165, 1.54) is 17.7 Å². The molecule has 0 N–H and O–H groups in total. The molecular formula is C35H40FN5O4. The Hall–Kier alpha value is -3.97. The summed E-state index contributed by atoms with van der Waals surface area (Å²) in [6, 6.07) is 14.4. The largest absolute Gasteiger partial charge is 0.441 e. The summed E-state index contributed by atoms with van der Waals surface area (Å²) in [5.41, 5.74) is 2.80. The van der Waals surface area contributed by atoms with Gasteiger partial charge in [-0.15, -0.1) is 0 Å². The molecule has 4 fully saturated rings. The maximum atomic E-state index is 13.5. The molecule has 45 heavy (non-hydrogen) atoms. The molecule has 1 saturated carbocycles. The Morgan fingerprint density at radius 1 is 1.00 bits per heavy atom. The van der Waals surface area contributed by atoms with E-state index in [2.05, 4.69) is 16.1 Å². The van der Waals surface area contributed by atoms with Crippen LogP contribution in [0.1, 0.15) is 74.1 Å². The smallest absolute Gasteiger partial charge is 0.410 e. The second-order valence-electron chi connectivity index (χ2n) is 13.5. The third-order valence-corrected chi connectivity index (χ3v) is 10.6. The summed E-state index contributed by atoms with van der Waals surface area (Å²) in [5.74, 6) is 0.564. The first-order chi connectivity index (χ1) is 21.9. The number of amides is 2. The van der Waals surface area contributed by atoms with Gasteiger partial charge in [0.25, 0.3) is 0 Å². The maximum Gasteiger partial charge on any atom is 0.410 e. The molecule has 2 amide bonds. The Morgan fingerprint density at radius 2 is 1.73 bits per heavy atom. The standard InChI is InChI=1S/C35H40FN5O4/c36-29-9-10-30-31(19-29)45-38-32(30)27-11-15-40(16-12-27)33(42)28-7-5-26(6-8-28)22-41-23-35(44-34(41)43)13-17-39(18-14-35)21-25-3-1-24(20-37)2-4-25/h1-4,9-10,19,26-28H,5-8,11-18,21-23H2. The second kappa shape index (κ2) is 12.4. The molecule has 1 aliphatic carbocycles. The number of fused-ring (bicyclic) bond motifs is 1. The number of halogens is 1. The molecule has 1 aromatic heterocycles. The molecule has 4 heterocycles. The van der Waals surface area contributed by atoms with E-state index in [9.17, 15) is 14.0 Å². The van der Waals surface area contributed by atoms with Crippen molar-refractivity contribution in [2.45, 2.75) is 69.4 Å². The van der Waals surface area contributed by atoms with Gasteiger partial charge in [0.2, 0.25) is 5.91 Å². The Labute approximate surface area is 262 Å². The highest BCUT2D eigenvalue weighted by atomic mass is 19.1. The predicted molar refractivity (Wildman–Crippen MR) is 164 cm³/mol. The van der Waals surface area contributed by atoms with Crippen LogP contribution in [0.4, 0.5) is 9.18 Å². The third kappa shape index (κ3) is 6.28. The fourth-order valence-electron chi connectivity index (χ4n) is 7.92. The number of nitrogens with zero attached hydrogens (tertiary/aromatic N) is 5. The van der Waals surface area contributed by atoms with Crippen molar-refractivity contribution >= 4 is 23.0 Å². The predicted octanol–water partition coefficient (Wildman–Crippen LogP) is 5.84. The van der Waals surface area contributed by atoms with E-state index in [0.29, 0.717) is 43.2 Å². The van der Waals surface area contributed by atoms with Gasteiger partial charge in [-0.25, -0.2) is 9.18 Å². The number of carbonyl (C=O) groups excluding carboxylic acids is 2. The third-order valence-electron chi connectivity index (χ3n) is 10.6. The van der Waals surface area contributed by atoms with E-state index in [4.69, 9.17) is 14.5 Å². The van der Waals surface area contributed by atoms with Gasteiger partial charge in [0.05, 0.1) is 23.9 Å². The maximum absolute atomic E-state index is 13.5. The van der Waals surface area contributed by atoms with Crippen LogP contribution in [0.15, 0.2) is 47.0 Å². The van der Waals surface area contributed by atoms with E-state index in [-0.39, 0.29) is 29.7 Å². The molecule has 7 rings (SSSR count). The summed E-state index contributed by atoms with van der Waals surface area (Å²) in [5, 5.41) is 14.1. The number of likely N-dealkylation sites (tertiary alicyclic amines) is 2. The fourth-order valence-corrected chi connectivity index (χ4v) is 7.92. The Balaban J connectivity index is 0.847. The van der Waals surface area contributed by atoms with E-state index < -0.39 is 5.60 Å². The zero-order valence-corrected chi connectivity index (χ0v) is 25.6.